The van der Waals surface area contributed by atoms with Crippen LogP contribution in [-0.2, 0) is 16.1 Å². The van der Waals surface area contributed by atoms with Gasteiger partial charge in [0, 0.05) is 24.8 Å². The van der Waals surface area contributed by atoms with Crippen molar-refractivity contribution in [2.75, 3.05) is 19.7 Å². The largest absolute Gasteiger partial charge is 0.367 e. The Morgan fingerprint density at radius 3 is 2.39 bits per heavy atom. The third kappa shape index (κ3) is 5.34. The van der Waals surface area contributed by atoms with Crippen LogP contribution in [0.15, 0.2) is 66.9 Å². The highest BCUT2D eigenvalue weighted by Crippen LogP contribution is 2.40. The van der Waals surface area contributed by atoms with E-state index in [-0.39, 0.29) is 30.1 Å². The van der Waals surface area contributed by atoms with E-state index in [1.807, 2.05) is 41.3 Å². The number of amides is 1. The molecule has 1 aromatic heterocycles. The van der Waals surface area contributed by atoms with E-state index in [4.69, 9.17) is 15.5 Å². The molecule has 0 bridgehead atoms. The monoisotopic (exact) mass is 446 g/mol. The summed E-state index contributed by atoms with van der Waals surface area (Å²) in [4.78, 5) is 20.2. The van der Waals surface area contributed by atoms with Crippen molar-refractivity contribution < 1.29 is 9.53 Å². The number of nitrogens with zero attached hydrogens (tertiary/aromatic N) is 3. The van der Waals surface area contributed by atoms with E-state index in [0.29, 0.717) is 19.6 Å². The van der Waals surface area contributed by atoms with E-state index in [9.17, 15) is 4.79 Å². The Morgan fingerprint density at radius 2 is 1.76 bits per heavy atom. The maximum Gasteiger partial charge on any atom is 0.249 e. The smallest absolute Gasteiger partial charge is 0.249 e. The lowest BCUT2D eigenvalue weighted by molar-refractivity contribution is -0.156. The van der Waals surface area contributed by atoms with Gasteiger partial charge in [-0.05, 0) is 23.9 Å². The molecule has 33 heavy (non-hydrogen) atoms. The Labute approximate surface area is 196 Å². The van der Waals surface area contributed by atoms with Crippen LogP contribution in [0.4, 0.5) is 0 Å². The van der Waals surface area contributed by atoms with Gasteiger partial charge in [0.2, 0.25) is 5.91 Å². The number of carbonyl (C=O) groups excluding carboxylic acids is 1. The molecule has 1 aliphatic heterocycles. The summed E-state index contributed by atoms with van der Waals surface area (Å²) in [7, 11) is 0. The molecule has 0 aliphatic carbocycles. The van der Waals surface area contributed by atoms with E-state index in [2.05, 4.69) is 55.8 Å². The van der Waals surface area contributed by atoms with Crippen molar-refractivity contribution in [2.45, 2.75) is 45.9 Å². The SMILES string of the molecule is CC(C)(C)[C@H](c1nc(-c2ccccc2)cn1Cc1ccccc1)N1C[C@H](CCN)OCC1=O. The van der Waals surface area contributed by atoms with E-state index >= 15 is 0 Å². The number of carbonyl (C=O) groups is 1. The number of ether oxygens (including phenoxy) is 1. The van der Waals surface area contributed by atoms with Gasteiger partial charge < -0.3 is 19.9 Å². The fraction of sp³-hybridized carbons (Fsp3) is 0.407. The highest BCUT2D eigenvalue weighted by atomic mass is 16.5. The number of nitrogens with two attached hydrogens (primary N) is 1. The van der Waals surface area contributed by atoms with E-state index in [1.54, 1.807) is 0 Å². The average molecular weight is 447 g/mol. The predicted molar refractivity (Wildman–Crippen MR) is 131 cm³/mol. The summed E-state index contributed by atoms with van der Waals surface area (Å²) < 4.78 is 7.96. The molecule has 2 atom stereocenters. The van der Waals surface area contributed by atoms with Gasteiger partial charge in [0.1, 0.15) is 12.4 Å². The zero-order valence-corrected chi connectivity index (χ0v) is 19.8. The molecule has 1 aliphatic rings. The van der Waals surface area contributed by atoms with Gasteiger partial charge in [0.05, 0.1) is 17.8 Å². The van der Waals surface area contributed by atoms with Crippen LogP contribution in [0.1, 0.15) is 44.6 Å². The summed E-state index contributed by atoms with van der Waals surface area (Å²) in [6.45, 7) is 8.34. The topological polar surface area (TPSA) is 73.4 Å². The van der Waals surface area contributed by atoms with Crippen LogP contribution in [-0.4, -0.2) is 46.2 Å². The molecule has 6 nitrogen and oxygen atoms in total. The van der Waals surface area contributed by atoms with Gasteiger partial charge in [-0.3, -0.25) is 4.79 Å². The summed E-state index contributed by atoms with van der Waals surface area (Å²) in [5, 5.41) is 0. The van der Waals surface area contributed by atoms with Gasteiger partial charge >= 0.3 is 0 Å². The van der Waals surface area contributed by atoms with Crippen LogP contribution >= 0.6 is 0 Å². The molecule has 1 amide bonds. The zero-order valence-electron chi connectivity index (χ0n) is 19.8. The predicted octanol–water partition coefficient (Wildman–Crippen LogP) is 4.26. The number of hydrogen-bond acceptors (Lipinski definition) is 4. The molecule has 2 aromatic carbocycles. The molecule has 3 aromatic rings. The van der Waals surface area contributed by atoms with Gasteiger partial charge in [0.25, 0.3) is 0 Å². The van der Waals surface area contributed by atoms with E-state index in [0.717, 1.165) is 23.5 Å². The molecule has 0 saturated carbocycles. The quantitative estimate of drug-likeness (QED) is 0.588. The van der Waals surface area contributed by atoms with Crippen LogP contribution in [0.5, 0.6) is 0 Å². The Morgan fingerprint density at radius 1 is 1.09 bits per heavy atom. The highest BCUT2D eigenvalue weighted by molar-refractivity contribution is 5.78. The molecule has 2 N–H and O–H groups in total. The van der Waals surface area contributed by atoms with Crippen LogP contribution in [0.3, 0.4) is 0 Å². The zero-order chi connectivity index (χ0) is 23.4. The lowest BCUT2D eigenvalue weighted by Crippen LogP contribution is -2.52. The van der Waals surface area contributed by atoms with E-state index < -0.39 is 0 Å². The van der Waals surface area contributed by atoms with Crippen molar-refractivity contribution in [3.05, 3.63) is 78.2 Å². The van der Waals surface area contributed by atoms with E-state index in [1.165, 1.54) is 5.56 Å². The van der Waals surface area contributed by atoms with Crippen molar-refractivity contribution in [2.24, 2.45) is 11.1 Å². The van der Waals surface area contributed by atoms with Crippen molar-refractivity contribution in [3.63, 3.8) is 0 Å². The third-order valence-corrected chi connectivity index (χ3v) is 6.10. The number of benzene rings is 2. The number of rotatable bonds is 7. The second-order valence-corrected chi connectivity index (χ2v) is 9.79. The lowest BCUT2D eigenvalue weighted by atomic mass is 9.84. The summed E-state index contributed by atoms with van der Waals surface area (Å²) in [5.41, 5.74) is 8.73. The van der Waals surface area contributed by atoms with Gasteiger partial charge in [-0.15, -0.1) is 0 Å². The summed E-state index contributed by atoms with van der Waals surface area (Å²) in [5.74, 6) is 0.894. The first-order valence-corrected chi connectivity index (χ1v) is 11.6. The minimum atomic E-state index is -0.228. The molecule has 6 heteroatoms. The van der Waals surface area contributed by atoms with Crippen molar-refractivity contribution in [1.29, 1.82) is 0 Å². The van der Waals surface area contributed by atoms with Crippen LogP contribution in [0.25, 0.3) is 11.3 Å². The molecular weight excluding hydrogens is 412 g/mol. The molecule has 0 spiro atoms. The molecule has 174 valence electrons. The normalized spacial score (nSPS) is 17.9. The molecule has 1 saturated heterocycles. The second kappa shape index (κ2) is 9.89. The number of morpholine rings is 1. The Kier molecular flexibility index (Phi) is 6.96. The molecule has 2 heterocycles. The van der Waals surface area contributed by atoms with Crippen LogP contribution in [0.2, 0.25) is 0 Å². The number of aromatic nitrogens is 2. The van der Waals surface area contributed by atoms with Crippen LogP contribution in [0, 0.1) is 5.41 Å². The standard InChI is InChI=1S/C27H34N4O2/c1-27(2,3)25(31-17-22(14-15-28)33-19-24(31)32)26-29-23(21-12-8-5-9-13-21)18-30(26)16-20-10-6-4-7-11-20/h4-13,18,22,25H,14-17,19,28H2,1-3H3/t22-,25-/m0/s1. The van der Waals surface area contributed by atoms with Crippen molar-refractivity contribution in [3.8, 4) is 11.3 Å². The first-order chi connectivity index (χ1) is 15.9. The van der Waals surface area contributed by atoms with Gasteiger partial charge in [0.15, 0.2) is 0 Å². The summed E-state index contributed by atoms with van der Waals surface area (Å²) in [6, 6.07) is 20.4. The minimum Gasteiger partial charge on any atom is -0.367 e. The second-order valence-electron chi connectivity index (χ2n) is 9.79. The van der Waals surface area contributed by atoms with Crippen LogP contribution < -0.4 is 5.73 Å². The maximum atomic E-state index is 13.1. The third-order valence-electron chi connectivity index (χ3n) is 6.10. The van der Waals surface area contributed by atoms with Gasteiger partial charge in [-0.1, -0.05) is 81.4 Å². The molecule has 0 radical (unpaired) electrons. The van der Waals surface area contributed by atoms with Gasteiger partial charge in [-0.2, -0.15) is 0 Å². The fourth-order valence-corrected chi connectivity index (χ4v) is 4.55. The van der Waals surface area contributed by atoms with Crippen molar-refractivity contribution >= 4 is 5.91 Å². The number of hydrogen-bond donors (Lipinski definition) is 1. The summed E-state index contributed by atoms with van der Waals surface area (Å²) >= 11 is 0. The minimum absolute atomic E-state index is 0.00119. The summed E-state index contributed by atoms with van der Waals surface area (Å²) in [6.07, 6.45) is 2.79. The molecular formula is C27H34N4O2. The lowest BCUT2D eigenvalue weighted by Gasteiger charge is -2.43. The molecule has 1 fully saturated rings. The van der Waals surface area contributed by atoms with Crippen molar-refractivity contribution in [1.82, 2.24) is 14.5 Å². The maximum absolute atomic E-state index is 13.1. The Hall–Kier alpha value is -2.96. The first-order valence-electron chi connectivity index (χ1n) is 11.6. The van der Waals surface area contributed by atoms with Gasteiger partial charge in [-0.25, -0.2) is 4.98 Å². The first kappa shape index (κ1) is 23.2. The average Bonchev–Trinajstić information content (AvgIpc) is 3.19. The number of imidazole rings is 1. The Balaban J connectivity index is 1.79. The molecule has 0 unspecified atom stereocenters. The fourth-order valence-electron chi connectivity index (χ4n) is 4.55. The molecule has 4 rings (SSSR count). The Bertz CT molecular complexity index is 1060. The highest BCUT2D eigenvalue weighted by Gasteiger charge is 2.41.